The van der Waals surface area contributed by atoms with E-state index in [-0.39, 0.29) is 23.9 Å². The highest BCUT2D eigenvalue weighted by molar-refractivity contribution is 7.12. The Bertz CT molecular complexity index is 909. The molecule has 178 valence electrons. The van der Waals surface area contributed by atoms with Gasteiger partial charge in [0.25, 0.3) is 0 Å². The van der Waals surface area contributed by atoms with Gasteiger partial charge in [0.2, 0.25) is 0 Å². The Morgan fingerprint density at radius 1 is 1.12 bits per heavy atom. The molecule has 0 aliphatic heterocycles. The second-order valence-electron chi connectivity index (χ2n) is 9.97. The number of benzene rings is 1. The predicted molar refractivity (Wildman–Crippen MR) is 133 cm³/mol. The van der Waals surface area contributed by atoms with Gasteiger partial charge in [-0.05, 0) is 67.3 Å². The summed E-state index contributed by atoms with van der Waals surface area (Å²) in [7, 11) is 0. The van der Waals surface area contributed by atoms with Gasteiger partial charge in [-0.3, -0.25) is 4.79 Å². The first-order valence-corrected chi connectivity index (χ1v) is 12.5. The summed E-state index contributed by atoms with van der Waals surface area (Å²) in [5.41, 5.74) is 3.21. The summed E-state index contributed by atoms with van der Waals surface area (Å²) in [4.78, 5) is 13.6. The van der Waals surface area contributed by atoms with Crippen LogP contribution in [-0.2, 0) is 16.6 Å². The summed E-state index contributed by atoms with van der Waals surface area (Å²) < 4.78 is 5.97. The number of aliphatic hydroxyl groups is 1. The lowest BCUT2D eigenvalue weighted by Crippen LogP contribution is -2.32. The van der Waals surface area contributed by atoms with Crippen molar-refractivity contribution in [1.29, 1.82) is 0 Å². The molecule has 0 saturated carbocycles. The van der Waals surface area contributed by atoms with Crippen molar-refractivity contribution in [3.8, 4) is 5.75 Å². The monoisotopic (exact) mass is 460 g/mol. The minimum absolute atomic E-state index is 0.0974. The van der Waals surface area contributed by atoms with Crippen molar-refractivity contribution in [3.05, 3.63) is 50.7 Å². The minimum atomic E-state index is -0.752. The van der Waals surface area contributed by atoms with Crippen LogP contribution >= 0.6 is 11.3 Å². The second kappa shape index (κ2) is 10.8. The summed E-state index contributed by atoms with van der Waals surface area (Å²) in [6.45, 7) is 14.9. The number of aryl methyl sites for hydroxylation is 3. The van der Waals surface area contributed by atoms with E-state index in [9.17, 15) is 9.90 Å². The number of aliphatic hydroxyl groups excluding tert-OH is 1. The molecule has 0 saturated heterocycles. The van der Waals surface area contributed by atoms with Crippen molar-refractivity contribution in [2.75, 3.05) is 6.61 Å². The molecule has 0 fully saturated rings. The summed E-state index contributed by atoms with van der Waals surface area (Å²) in [6, 6.07) is 8.69. The molecule has 32 heavy (non-hydrogen) atoms. The number of aliphatic carboxylic acids is 1. The fourth-order valence-electron chi connectivity index (χ4n) is 4.14. The van der Waals surface area contributed by atoms with Crippen LogP contribution in [0.25, 0.3) is 0 Å². The molecule has 0 aliphatic carbocycles. The number of rotatable bonds is 11. The molecule has 4 nitrogen and oxygen atoms in total. The molecule has 0 amide bonds. The molecule has 2 unspecified atom stereocenters. The van der Waals surface area contributed by atoms with Crippen LogP contribution in [0.1, 0.15) is 86.7 Å². The number of ether oxygens (including phenoxy) is 1. The number of thiophene rings is 1. The predicted octanol–water partition coefficient (Wildman–Crippen LogP) is 6.66. The highest BCUT2D eigenvalue weighted by atomic mass is 32.1. The lowest BCUT2D eigenvalue weighted by Gasteiger charge is -2.33. The van der Waals surface area contributed by atoms with Gasteiger partial charge in [-0.15, -0.1) is 11.3 Å². The SMILES string of the molecule is CCCC(CC)(c1ccc(OCC(O)C(C)(C)C)c(C)c1)c1cc(C)c(CCC(=O)O)s1. The van der Waals surface area contributed by atoms with E-state index in [0.717, 1.165) is 30.6 Å². The molecule has 0 bridgehead atoms. The van der Waals surface area contributed by atoms with Gasteiger partial charge in [0.15, 0.2) is 0 Å². The molecular weight excluding hydrogens is 420 g/mol. The molecule has 2 atom stereocenters. The third-order valence-corrected chi connectivity index (χ3v) is 7.96. The van der Waals surface area contributed by atoms with Gasteiger partial charge in [0, 0.05) is 15.2 Å². The van der Waals surface area contributed by atoms with E-state index in [2.05, 4.69) is 45.9 Å². The Morgan fingerprint density at radius 2 is 1.81 bits per heavy atom. The summed E-state index contributed by atoms with van der Waals surface area (Å²) in [6.07, 6.45) is 3.28. The molecule has 2 rings (SSSR count). The average molecular weight is 461 g/mol. The van der Waals surface area contributed by atoms with Crippen LogP contribution < -0.4 is 4.74 Å². The van der Waals surface area contributed by atoms with Crippen LogP contribution in [0, 0.1) is 19.3 Å². The van der Waals surface area contributed by atoms with Crippen LogP contribution in [0.3, 0.4) is 0 Å². The van der Waals surface area contributed by atoms with Gasteiger partial charge >= 0.3 is 5.97 Å². The standard InChI is InChI=1S/C27H40O4S/c1-8-14-27(9-2,24-16-19(4)22(32-24)12-13-25(29)30)20-10-11-21(18(3)15-20)31-17-23(28)26(5,6)7/h10-11,15-16,23,28H,8-9,12-14,17H2,1-7H3,(H,29,30). The molecule has 0 spiro atoms. The Kier molecular flexibility index (Phi) is 8.95. The smallest absolute Gasteiger partial charge is 0.303 e. The van der Waals surface area contributed by atoms with Crippen molar-refractivity contribution < 1.29 is 19.7 Å². The van der Waals surface area contributed by atoms with Crippen molar-refractivity contribution in [3.63, 3.8) is 0 Å². The van der Waals surface area contributed by atoms with Gasteiger partial charge in [0.1, 0.15) is 12.4 Å². The molecule has 2 N–H and O–H groups in total. The summed E-state index contributed by atoms with van der Waals surface area (Å²) in [5, 5.41) is 19.4. The van der Waals surface area contributed by atoms with Crippen LogP contribution in [0.2, 0.25) is 0 Å². The van der Waals surface area contributed by atoms with Gasteiger partial charge in [-0.25, -0.2) is 0 Å². The first kappa shape index (κ1) is 26.4. The fraction of sp³-hybridized carbons (Fsp3) is 0.593. The minimum Gasteiger partial charge on any atom is -0.491 e. The maximum atomic E-state index is 11.1. The molecule has 1 aromatic heterocycles. The van der Waals surface area contributed by atoms with Gasteiger partial charge < -0.3 is 14.9 Å². The normalized spacial score (nSPS) is 14.8. The Morgan fingerprint density at radius 3 is 2.34 bits per heavy atom. The lowest BCUT2D eigenvalue weighted by atomic mass is 9.73. The van der Waals surface area contributed by atoms with Crippen molar-refractivity contribution in [1.82, 2.24) is 0 Å². The molecule has 5 heteroatoms. The first-order valence-electron chi connectivity index (χ1n) is 11.7. The maximum Gasteiger partial charge on any atom is 0.303 e. The van der Waals surface area contributed by atoms with E-state index < -0.39 is 12.1 Å². The van der Waals surface area contributed by atoms with E-state index >= 15 is 0 Å². The van der Waals surface area contributed by atoms with E-state index in [1.54, 1.807) is 11.3 Å². The summed E-state index contributed by atoms with van der Waals surface area (Å²) >= 11 is 1.77. The van der Waals surface area contributed by atoms with E-state index in [4.69, 9.17) is 9.84 Å². The zero-order valence-electron chi connectivity index (χ0n) is 20.7. The molecule has 0 aliphatic rings. The topological polar surface area (TPSA) is 66.8 Å². The molecule has 2 aromatic rings. The molecule has 1 aromatic carbocycles. The van der Waals surface area contributed by atoms with Crippen LogP contribution in [0.15, 0.2) is 24.3 Å². The maximum absolute atomic E-state index is 11.1. The largest absolute Gasteiger partial charge is 0.491 e. The number of hydrogen-bond donors (Lipinski definition) is 2. The Balaban J connectivity index is 2.38. The Labute approximate surface area is 197 Å². The molecule has 0 radical (unpaired) electrons. The zero-order chi connectivity index (χ0) is 24.1. The van der Waals surface area contributed by atoms with Crippen molar-refractivity contribution in [2.24, 2.45) is 5.41 Å². The molecule has 1 heterocycles. The van der Waals surface area contributed by atoms with Crippen molar-refractivity contribution >= 4 is 17.3 Å². The molecular formula is C27H40O4S. The van der Waals surface area contributed by atoms with Gasteiger partial charge in [0.05, 0.1) is 12.5 Å². The average Bonchev–Trinajstić information content (AvgIpc) is 3.09. The van der Waals surface area contributed by atoms with Crippen LogP contribution in [0.4, 0.5) is 0 Å². The van der Waals surface area contributed by atoms with Crippen molar-refractivity contribution in [2.45, 2.75) is 92.1 Å². The highest BCUT2D eigenvalue weighted by Crippen LogP contribution is 2.45. The fourth-order valence-corrected chi connectivity index (χ4v) is 5.63. The second-order valence-corrected chi connectivity index (χ2v) is 11.1. The number of hydrogen-bond acceptors (Lipinski definition) is 4. The van der Waals surface area contributed by atoms with E-state index in [0.29, 0.717) is 6.42 Å². The zero-order valence-corrected chi connectivity index (χ0v) is 21.6. The highest BCUT2D eigenvalue weighted by Gasteiger charge is 2.34. The Hall–Kier alpha value is -1.85. The third-order valence-electron chi connectivity index (χ3n) is 6.46. The van der Waals surface area contributed by atoms with Gasteiger partial charge in [-0.1, -0.05) is 53.2 Å². The van der Waals surface area contributed by atoms with E-state index in [1.165, 1.54) is 20.9 Å². The number of carbonyl (C=O) groups is 1. The van der Waals surface area contributed by atoms with Gasteiger partial charge in [-0.2, -0.15) is 0 Å². The van der Waals surface area contributed by atoms with E-state index in [1.807, 2.05) is 26.8 Å². The first-order chi connectivity index (χ1) is 14.9. The number of carboxylic acid groups (broad SMARTS) is 1. The van der Waals surface area contributed by atoms with Crippen LogP contribution in [-0.4, -0.2) is 28.9 Å². The summed E-state index contributed by atoms with van der Waals surface area (Å²) in [5.74, 6) is 0.0560. The lowest BCUT2D eigenvalue weighted by molar-refractivity contribution is -0.136. The number of carboxylic acids is 1. The quantitative estimate of drug-likeness (QED) is 0.393. The van der Waals surface area contributed by atoms with Crippen LogP contribution in [0.5, 0.6) is 5.75 Å². The third kappa shape index (κ3) is 6.14.